The molecule has 1 aromatic carbocycles. The van der Waals surface area contributed by atoms with Crippen LogP contribution in [-0.4, -0.2) is 25.0 Å². The van der Waals surface area contributed by atoms with E-state index in [4.69, 9.17) is 0 Å². The van der Waals surface area contributed by atoms with E-state index in [9.17, 15) is 17.6 Å². The second-order valence-electron chi connectivity index (χ2n) is 5.16. The van der Waals surface area contributed by atoms with Crippen LogP contribution < -0.4 is 4.74 Å². The first kappa shape index (κ1) is 19.2. The number of hydrogen-bond donors (Lipinski definition) is 0. The molecule has 2 heterocycles. The lowest BCUT2D eigenvalue weighted by atomic mass is 10.2. The Labute approximate surface area is 160 Å². The van der Waals surface area contributed by atoms with Gasteiger partial charge in [-0.05, 0) is 41.1 Å². The monoisotopic (exact) mass is 412 g/mol. The minimum Gasteiger partial charge on any atom is -0.426 e. The number of halogens is 4. The summed E-state index contributed by atoms with van der Waals surface area (Å²) in [6, 6.07) is 11.3. The molecule has 3 rings (SSSR count). The van der Waals surface area contributed by atoms with E-state index < -0.39 is 18.3 Å². The van der Waals surface area contributed by atoms with Crippen molar-refractivity contribution >= 4 is 46.5 Å². The van der Waals surface area contributed by atoms with Crippen molar-refractivity contribution in [3.63, 3.8) is 0 Å². The van der Waals surface area contributed by atoms with Crippen LogP contribution in [0.3, 0.4) is 0 Å². The number of benzene rings is 1. The van der Waals surface area contributed by atoms with Gasteiger partial charge in [-0.15, -0.1) is 22.7 Å². The molecule has 0 spiro atoms. The Bertz CT molecular complexity index is 923. The number of thiophene rings is 2. The summed E-state index contributed by atoms with van der Waals surface area (Å²) >= 11 is 2.88. The fourth-order valence-electron chi connectivity index (χ4n) is 1.97. The van der Waals surface area contributed by atoms with Crippen LogP contribution in [0.4, 0.5) is 28.9 Å². The van der Waals surface area contributed by atoms with Crippen molar-refractivity contribution in [2.24, 2.45) is 9.98 Å². The molecule has 0 aliphatic rings. The zero-order valence-corrected chi connectivity index (χ0v) is 15.2. The lowest BCUT2D eigenvalue weighted by Crippen LogP contribution is -2.33. The van der Waals surface area contributed by atoms with Crippen LogP contribution in [0.1, 0.15) is 9.75 Å². The summed E-state index contributed by atoms with van der Waals surface area (Å²) in [6.45, 7) is 0. The number of aliphatic imine (C=N–C) groups is 2. The SMILES string of the molecule is FC(F)C(F)(F)Oc1ccc(N=Cc2cccs2)cc1N=Cc1cccs1. The van der Waals surface area contributed by atoms with Crippen LogP contribution in [-0.2, 0) is 0 Å². The minimum atomic E-state index is -4.62. The van der Waals surface area contributed by atoms with Gasteiger partial charge in [-0.1, -0.05) is 12.1 Å². The highest BCUT2D eigenvalue weighted by Crippen LogP contribution is 2.37. The Balaban J connectivity index is 1.91. The van der Waals surface area contributed by atoms with Crippen LogP contribution in [0, 0.1) is 0 Å². The molecule has 140 valence electrons. The van der Waals surface area contributed by atoms with Gasteiger partial charge in [-0.25, -0.2) is 0 Å². The maximum atomic E-state index is 13.3. The van der Waals surface area contributed by atoms with Gasteiger partial charge in [0, 0.05) is 22.2 Å². The normalized spacial score (nSPS) is 12.5. The fourth-order valence-corrected chi connectivity index (χ4v) is 3.14. The number of ether oxygens (including phenoxy) is 1. The Morgan fingerprint density at radius 2 is 1.56 bits per heavy atom. The first-order valence-electron chi connectivity index (χ1n) is 7.58. The van der Waals surface area contributed by atoms with E-state index in [1.807, 2.05) is 22.9 Å². The first-order chi connectivity index (χ1) is 12.9. The van der Waals surface area contributed by atoms with Crippen molar-refractivity contribution in [3.8, 4) is 5.75 Å². The number of hydrogen-bond acceptors (Lipinski definition) is 5. The zero-order valence-electron chi connectivity index (χ0n) is 13.6. The molecule has 0 bridgehead atoms. The van der Waals surface area contributed by atoms with E-state index in [0.717, 1.165) is 15.8 Å². The Hall–Kier alpha value is -2.52. The van der Waals surface area contributed by atoms with Crippen LogP contribution in [0.5, 0.6) is 5.75 Å². The minimum absolute atomic E-state index is 0.0236. The fraction of sp³-hybridized carbons (Fsp3) is 0.111. The molecule has 9 heteroatoms. The van der Waals surface area contributed by atoms with Crippen molar-refractivity contribution in [2.75, 3.05) is 0 Å². The second kappa shape index (κ2) is 8.45. The molecule has 0 aliphatic carbocycles. The number of nitrogens with zero attached hydrogens (tertiary/aromatic N) is 2. The summed E-state index contributed by atoms with van der Waals surface area (Å²) in [7, 11) is 0. The molecular weight excluding hydrogens is 400 g/mol. The lowest BCUT2D eigenvalue weighted by molar-refractivity contribution is -0.252. The molecule has 0 radical (unpaired) electrons. The zero-order chi connectivity index (χ0) is 19.3. The molecule has 0 aliphatic heterocycles. The van der Waals surface area contributed by atoms with Gasteiger partial charge in [0.25, 0.3) is 0 Å². The summed E-state index contributed by atoms with van der Waals surface area (Å²) in [5.74, 6) is -0.455. The topological polar surface area (TPSA) is 34.0 Å². The van der Waals surface area contributed by atoms with Gasteiger partial charge < -0.3 is 4.74 Å². The standard InChI is InChI=1S/C18H12F4N2OS2/c19-17(20)18(21,22)25-16-6-5-12(23-10-13-3-1-7-26-13)9-15(16)24-11-14-4-2-8-27-14/h1-11,17H. The molecule has 2 aromatic heterocycles. The van der Waals surface area contributed by atoms with E-state index in [1.54, 1.807) is 18.3 Å². The van der Waals surface area contributed by atoms with Crippen molar-refractivity contribution in [2.45, 2.75) is 12.5 Å². The highest BCUT2D eigenvalue weighted by molar-refractivity contribution is 7.12. The Kier molecular flexibility index (Phi) is 6.02. The predicted octanol–water partition coefficient (Wildman–Crippen LogP) is 6.55. The molecule has 3 aromatic rings. The highest BCUT2D eigenvalue weighted by atomic mass is 32.1. The van der Waals surface area contributed by atoms with E-state index in [1.165, 1.54) is 41.0 Å². The summed E-state index contributed by atoms with van der Waals surface area (Å²) in [5.41, 5.74) is 0.402. The van der Waals surface area contributed by atoms with Gasteiger partial charge in [0.1, 0.15) is 5.69 Å². The van der Waals surface area contributed by atoms with Gasteiger partial charge in [-0.2, -0.15) is 17.6 Å². The van der Waals surface area contributed by atoms with Crippen molar-refractivity contribution in [1.82, 2.24) is 0 Å². The van der Waals surface area contributed by atoms with Crippen LogP contribution in [0.25, 0.3) is 0 Å². The number of rotatable bonds is 7. The molecule has 27 heavy (non-hydrogen) atoms. The average Bonchev–Trinajstić information content (AvgIpc) is 3.33. The van der Waals surface area contributed by atoms with Crippen LogP contribution in [0.15, 0.2) is 63.2 Å². The van der Waals surface area contributed by atoms with E-state index >= 15 is 0 Å². The summed E-state index contributed by atoms with van der Waals surface area (Å²) in [5, 5.41) is 3.72. The van der Waals surface area contributed by atoms with Crippen molar-refractivity contribution < 1.29 is 22.3 Å². The van der Waals surface area contributed by atoms with E-state index in [2.05, 4.69) is 14.7 Å². The average molecular weight is 412 g/mol. The van der Waals surface area contributed by atoms with E-state index in [-0.39, 0.29) is 5.69 Å². The third kappa shape index (κ3) is 5.24. The quantitative estimate of drug-likeness (QED) is 0.320. The van der Waals surface area contributed by atoms with Gasteiger partial charge in [0.2, 0.25) is 0 Å². The Morgan fingerprint density at radius 1 is 0.926 bits per heavy atom. The Morgan fingerprint density at radius 3 is 2.11 bits per heavy atom. The number of alkyl halides is 4. The highest BCUT2D eigenvalue weighted by Gasteiger charge is 2.44. The molecule has 0 atom stereocenters. The molecule has 0 N–H and O–H groups in total. The molecule has 0 amide bonds. The summed E-state index contributed by atoms with van der Waals surface area (Å²) in [4.78, 5) is 10.0. The van der Waals surface area contributed by atoms with Gasteiger partial charge >= 0.3 is 12.5 Å². The molecule has 0 fully saturated rings. The second-order valence-corrected chi connectivity index (χ2v) is 7.12. The van der Waals surface area contributed by atoms with Crippen LogP contribution in [0.2, 0.25) is 0 Å². The summed E-state index contributed by atoms with van der Waals surface area (Å²) < 4.78 is 55.8. The van der Waals surface area contributed by atoms with Crippen LogP contribution >= 0.6 is 22.7 Å². The van der Waals surface area contributed by atoms with Gasteiger partial charge in [0.05, 0.1) is 5.69 Å². The molecule has 0 unspecified atom stereocenters. The first-order valence-corrected chi connectivity index (χ1v) is 9.34. The van der Waals surface area contributed by atoms with E-state index in [0.29, 0.717) is 5.69 Å². The van der Waals surface area contributed by atoms with Gasteiger partial charge in [-0.3, -0.25) is 9.98 Å². The maximum absolute atomic E-state index is 13.3. The van der Waals surface area contributed by atoms with Crippen molar-refractivity contribution in [3.05, 3.63) is 63.0 Å². The largest absolute Gasteiger partial charge is 0.461 e. The third-order valence-electron chi connectivity index (χ3n) is 3.20. The summed E-state index contributed by atoms with van der Waals surface area (Å²) in [6.07, 6.45) is -5.51. The molecule has 0 saturated heterocycles. The third-order valence-corrected chi connectivity index (χ3v) is 4.81. The predicted molar refractivity (Wildman–Crippen MR) is 101 cm³/mol. The van der Waals surface area contributed by atoms with Gasteiger partial charge in [0.15, 0.2) is 5.75 Å². The maximum Gasteiger partial charge on any atom is 0.461 e. The molecule has 3 nitrogen and oxygen atoms in total. The van der Waals surface area contributed by atoms with Crippen molar-refractivity contribution in [1.29, 1.82) is 0 Å². The lowest BCUT2D eigenvalue weighted by Gasteiger charge is -2.18. The molecule has 0 saturated carbocycles. The smallest absolute Gasteiger partial charge is 0.426 e. The molecular formula is C18H12F4N2OS2.